The van der Waals surface area contributed by atoms with E-state index in [4.69, 9.17) is 4.74 Å². The Kier molecular flexibility index (Phi) is 4.80. The lowest BCUT2D eigenvalue weighted by Gasteiger charge is -2.33. The van der Waals surface area contributed by atoms with Gasteiger partial charge in [0, 0.05) is 41.8 Å². The summed E-state index contributed by atoms with van der Waals surface area (Å²) in [6.45, 7) is 3.88. The fraction of sp³-hybridized carbons (Fsp3) is 0.304. The number of carbonyl (C=O) groups excluding carboxylic acids is 1. The van der Waals surface area contributed by atoms with Crippen molar-refractivity contribution in [3.8, 4) is 5.75 Å². The number of hydrogen-bond acceptors (Lipinski definition) is 4. The molecule has 0 unspecified atom stereocenters. The number of carbonyl (C=O) groups is 1. The first-order valence-corrected chi connectivity index (χ1v) is 9.44. The molecule has 3 aromatic rings. The van der Waals surface area contributed by atoms with Crippen molar-refractivity contribution in [2.45, 2.75) is 19.8 Å². The summed E-state index contributed by atoms with van der Waals surface area (Å²) >= 11 is 0. The van der Waals surface area contributed by atoms with Gasteiger partial charge < -0.3 is 9.64 Å². The molecule has 0 amide bonds. The number of benzene rings is 2. The maximum atomic E-state index is 12.8. The molecule has 1 aliphatic rings. The molecule has 1 aliphatic heterocycles. The normalized spacial score (nSPS) is 15.1. The number of ketones is 1. The van der Waals surface area contributed by atoms with E-state index in [0.29, 0.717) is 0 Å². The van der Waals surface area contributed by atoms with Crippen LogP contribution in [0.5, 0.6) is 5.75 Å². The Morgan fingerprint density at radius 2 is 1.81 bits per heavy atom. The first kappa shape index (κ1) is 17.5. The topological polar surface area (TPSA) is 42.4 Å². The molecule has 4 heteroatoms. The van der Waals surface area contributed by atoms with Crippen molar-refractivity contribution in [2.75, 3.05) is 25.1 Å². The minimum atomic E-state index is 0.0875. The van der Waals surface area contributed by atoms with Crippen molar-refractivity contribution < 1.29 is 9.53 Å². The molecule has 1 fully saturated rings. The van der Waals surface area contributed by atoms with E-state index in [-0.39, 0.29) is 11.7 Å². The summed E-state index contributed by atoms with van der Waals surface area (Å²) in [7, 11) is 1.64. The third-order valence-corrected chi connectivity index (χ3v) is 5.46. The van der Waals surface area contributed by atoms with E-state index in [2.05, 4.69) is 41.1 Å². The van der Waals surface area contributed by atoms with Gasteiger partial charge in [0.25, 0.3) is 0 Å². The molecular formula is C23H24N2O2. The van der Waals surface area contributed by atoms with Gasteiger partial charge in [0.1, 0.15) is 5.75 Å². The van der Waals surface area contributed by atoms with Gasteiger partial charge in [0.15, 0.2) is 5.78 Å². The number of nitrogens with zero attached hydrogens (tertiary/aromatic N) is 2. The number of anilines is 1. The molecular weight excluding hydrogens is 336 g/mol. The predicted molar refractivity (Wildman–Crippen MR) is 109 cm³/mol. The van der Waals surface area contributed by atoms with Crippen LogP contribution >= 0.6 is 0 Å². The van der Waals surface area contributed by atoms with Crippen molar-refractivity contribution >= 4 is 22.4 Å². The molecule has 0 atom stereocenters. The second-order valence-corrected chi connectivity index (χ2v) is 7.20. The van der Waals surface area contributed by atoms with Crippen molar-refractivity contribution in [1.82, 2.24) is 4.98 Å². The number of fused-ring (bicyclic) bond motifs is 1. The summed E-state index contributed by atoms with van der Waals surface area (Å²) in [5.74, 6) is 1.11. The minimum Gasteiger partial charge on any atom is -0.497 e. The molecule has 4 nitrogen and oxygen atoms in total. The van der Waals surface area contributed by atoms with Crippen LogP contribution in [-0.2, 0) is 0 Å². The molecule has 27 heavy (non-hydrogen) atoms. The lowest BCUT2D eigenvalue weighted by atomic mass is 9.88. The van der Waals surface area contributed by atoms with E-state index in [1.54, 1.807) is 7.11 Å². The van der Waals surface area contributed by atoms with Crippen molar-refractivity contribution in [3.63, 3.8) is 0 Å². The van der Waals surface area contributed by atoms with Crippen LogP contribution in [0.1, 0.15) is 28.8 Å². The van der Waals surface area contributed by atoms with Crippen LogP contribution in [-0.4, -0.2) is 31.0 Å². The molecule has 2 aromatic carbocycles. The first-order valence-electron chi connectivity index (χ1n) is 9.44. The summed E-state index contributed by atoms with van der Waals surface area (Å²) in [4.78, 5) is 19.7. The average Bonchev–Trinajstić information content (AvgIpc) is 2.73. The quantitative estimate of drug-likeness (QED) is 0.635. The zero-order valence-electron chi connectivity index (χ0n) is 15.8. The van der Waals surface area contributed by atoms with E-state index < -0.39 is 0 Å². The van der Waals surface area contributed by atoms with Crippen LogP contribution in [0.3, 0.4) is 0 Å². The Morgan fingerprint density at radius 1 is 1.07 bits per heavy atom. The standard InChI is InChI=1S/C23H24N2O2/c1-16-3-8-21-20(15-16)22(9-12-24-21)25-13-10-18(11-14-25)23(26)17-4-6-19(27-2)7-5-17/h3-9,12,15,18H,10-11,13-14H2,1-2H3. The maximum absolute atomic E-state index is 12.8. The summed E-state index contributed by atoms with van der Waals surface area (Å²) in [5.41, 5.74) is 4.26. The largest absolute Gasteiger partial charge is 0.497 e. The molecule has 138 valence electrons. The Hall–Kier alpha value is -2.88. The van der Waals surface area contributed by atoms with Gasteiger partial charge in [-0.15, -0.1) is 0 Å². The van der Waals surface area contributed by atoms with Gasteiger partial charge in [-0.2, -0.15) is 0 Å². The molecule has 1 aromatic heterocycles. The van der Waals surface area contributed by atoms with Gasteiger partial charge in [-0.1, -0.05) is 11.6 Å². The Bertz CT molecular complexity index is 958. The average molecular weight is 360 g/mol. The highest BCUT2D eigenvalue weighted by Gasteiger charge is 2.26. The third-order valence-electron chi connectivity index (χ3n) is 5.46. The highest BCUT2D eigenvalue weighted by atomic mass is 16.5. The predicted octanol–water partition coefficient (Wildman–Crippen LogP) is 4.65. The molecule has 0 aliphatic carbocycles. The van der Waals surface area contributed by atoms with Crippen LogP contribution in [0, 0.1) is 12.8 Å². The number of piperidine rings is 1. The van der Waals surface area contributed by atoms with Crippen molar-refractivity contribution in [1.29, 1.82) is 0 Å². The Labute approximate surface area is 159 Å². The number of aromatic nitrogens is 1. The van der Waals surface area contributed by atoms with E-state index in [1.165, 1.54) is 16.6 Å². The zero-order valence-corrected chi connectivity index (χ0v) is 15.8. The fourth-order valence-electron chi connectivity index (χ4n) is 3.89. The first-order chi connectivity index (χ1) is 13.2. The number of Topliss-reactive ketones (excluding diaryl/α,β-unsaturated/α-hetero) is 1. The lowest BCUT2D eigenvalue weighted by Crippen LogP contribution is -2.36. The summed E-state index contributed by atoms with van der Waals surface area (Å²) in [6.07, 6.45) is 3.63. The lowest BCUT2D eigenvalue weighted by molar-refractivity contribution is 0.0900. The van der Waals surface area contributed by atoms with Crippen molar-refractivity contribution in [3.05, 3.63) is 65.9 Å². The Morgan fingerprint density at radius 3 is 2.52 bits per heavy atom. The van der Waals surface area contributed by atoms with E-state index in [9.17, 15) is 4.79 Å². The second-order valence-electron chi connectivity index (χ2n) is 7.20. The minimum absolute atomic E-state index is 0.0875. The zero-order chi connectivity index (χ0) is 18.8. The van der Waals surface area contributed by atoms with Crippen LogP contribution in [0.25, 0.3) is 10.9 Å². The number of methoxy groups -OCH3 is 1. The third kappa shape index (κ3) is 3.52. The number of ether oxygens (including phenoxy) is 1. The highest BCUT2D eigenvalue weighted by molar-refractivity contribution is 5.98. The smallest absolute Gasteiger partial charge is 0.166 e. The Balaban J connectivity index is 1.49. The second kappa shape index (κ2) is 7.39. The van der Waals surface area contributed by atoms with Crippen LogP contribution < -0.4 is 9.64 Å². The molecule has 0 radical (unpaired) electrons. The van der Waals surface area contributed by atoms with E-state index in [1.807, 2.05) is 30.5 Å². The van der Waals surface area contributed by atoms with Gasteiger partial charge in [-0.25, -0.2) is 0 Å². The van der Waals surface area contributed by atoms with E-state index in [0.717, 1.165) is 42.8 Å². The van der Waals surface area contributed by atoms with Gasteiger partial charge in [-0.3, -0.25) is 9.78 Å². The van der Waals surface area contributed by atoms with E-state index >= 15 is 0 Å². The number of hydrogen-bond donors (Lipinski definition) is 0. The van der Waals surface area contributed by atoms with Gasteiger partial charge in [-0.05, 0) is 62.2 Å². The monoisotopic (exact) mass is 360 g/mol. The summed E-state index contributed by atoms with van der Waals surface area (Å²) in [5, 5.41) is 1.19. The summed E-state index contributed by atoms with van der Waals surface area (Å²) in [6, 6.07) is 15.9. The maximum Gasteiger partial charge on any atom is 0.166 e. The van der Waals surface area contributed by atoms with Gasteiger partial charge in [0.2, 0.25) is 0 Å². The molecule has 0 N–H and O–H groups in total. The molecule has 2 heterocycles. The molecule has 0 spiro atoms. The van der Waals surface area contributed by atoms with Crippen LogP contribution in [0.15, 0.2) is 54.7 Å². The van der Waals surface area contributed by atoms with Crippen LogP contribution in [0.2, 0.25) is 0 Å². The molecule has 0 bridgehead atoms. The molecule has 0 saturated carbocycles. The van der Waals surface area contributed by atoms with Crippen molar-refractivity contribution in [2.24, 2.45) is 5.92 Å². The van der Waals surface area contributed by atoms with Gasteiger partial charge in [0.05, 0.1) is 12.6 Å². The fourth-order valence-corrected chi connectivity index (χ4v) is 3.89. The van der Waals surface area contributed by atoms with Crippen LogP contribution in [0.4, 0.5) is 5.69 Å². The molecule has 1 saturated heterocycles. The summed E-state index contributed by atoms with van der Waals surface area (Å²) < 4.78 is 5.18. The number of aryl methyl sites for hydroxylation is 1. The van der Waals surface area contributed by atoms with Gasteiger partial charge >= 0.3 is 0 Å². The highest BCUT2D eigenvalue weighted by Crippen LogP contribution is 2.31. The molecule has 4 rings (SSSR count). The SMILES string of the molecule is COc1ccc(C(=O)C2CCN(c3ccnc4ccc(C)cc34)CC2)cc1. The number of rotatable bonds is 4. The number of pyridine rings is 1.